The van der Waals surface area contributed by atoms with E-state index in [4.69, 9.17) is 11.1 Å². The van der Waals surface area contributed by atoms with E-state index in [0.29, 0.717) is 22.9 Å². The van der Waals surface area contributed by atoms with E-state index in [1.165, 1.54) is 5.56 Å². The summed E-state index contributed by atoms with van der Waals surface area (Å²) < 4.78 is 27.7. The molecular formula is C40H33BrN2O. The molecule has 0 spiro atoms. The number of ether oxygens (including phenoxy) is 1. The first-order valence-electron chi connectivity index (χ1n) is 15.7. The average molecular weight is 640 g/mol. The monoisotopic (exact) mass is 638 g/mol. The van der Waals surface area contributed by atoms with Crippen LogP contribution < -0.4 is 4.74 Å². The topological polar surface area (TPSA) is 27.1 Å². The van der Waals surface area contributed by atoms with Gasteiger partial charge in [0.15, 0.2) is 0 Å². The second-order valence-corrected chi connectivity index (χ2v) is 13.1. The molecule has 0 saturated heterocycles. The highest BCUT2D eigenvalue weighted by Gasteiger charge is 2.17. The Morgan fingerprint density at radius 1 is 0.705 bits per heavy atom. The first kappa shape index (κ1) is 25.8. The Labute approximate surface area is 269 Å². The minimum absolute atomic E-state index is 0.0244. The zero-order chi connectivity index (χ0) is 32.2. The Hall–Kier alpha value is -4.67. The summed E-state index contributed by atoms with van der Waals surface area (Å²) in [6.45, 7) is 8.48. The number of benzene rings is 5. The van der Waals surface area contributed by atoms with Crippen LogP contribution in [0.1, 0.15) is 34.6 Å². The maximum atomic E-state index is 9.38. The van der Waals surface area contributed by atoms with Crippen LogP contribution in [0.25, 0.3) is 49.9 Å². The van der Waals surface area contributed by atoms with Gasteiger partial charge in [0.25, 0.3) is 0 Å². The van der Waals surface area contributed by atoms with Crippen molar-refractivity contribution < 1.29 is 7.48 Å². The minimum atomic E-state index is 0.0244. The third kappa shape index (κ3) is 5.31. The number of rotatable bonds is 5. The summed E-state index contributed by atoms with van der Waals surface area (Å²) in [6, 6.07) is 39.1. The molecule has 216 valence electrons. The van der Waals surface area contributed by atoms with Gasteiger partial charge in [-0.3, -0.25) is 4.57 Å². The van der Waals surface area contributed by atoms with Gasteiger partial charge in [-0.05, 0) is 88.7 Å². The van der Waals surface area contributed by atoms with Crippen LogP contribution in [0.15, 0.2) is 132 Å². The summed E-state index contributed by atoms with van der Waals surface area (Å²) in [6.07, 6.45) is 0.143. The first-order chi connectivity index (χ1) is 22.1. The molecule has 7 aromatic rings. The molecule has 2 aromatic heterocycles. The number of halogens is 1. The molecule has 0 atom stereocenters. The zero-order valence-electron chi connectivity index (χ0n) is 27.2. The van der Waals surface area contributed by atoms with Gasteiger partial charge in [-0.15, -0.1) is 0 Å². The molecule has 0 bridgehead atoms. The summed E-state index contributed by atoms with van der Waals surface area (Å²) >= 11 is 3.53. The third-order valence-electron chi connectivity index (χ3n) is 8.08. The van der Waals surface area contributed by atoms with E-state index in [1.807, 2.05) is 78.2 Å². The van der Waals surface area contributed by atoms with E-state index in [2.05, 4.69) is 85.2 Å². The van der Waals surface area contributed by atoms with Crippen LogP contribution in [0, 0.1) is 6.92 Å². The summed E-state index contributed by atoms with van der Waals surface area (Å²) in [4.78, 5) is 4.82. The van der Waals surface area contributed by atoms with Crippen LogP contribution in [0.4, 0.5) is 0 Å². The molecule has 44 heavy (non-hydrogen) atoms. The fraction of sp³-hybridized carbons (Fsp3) is 0.125. The molecule has 0 aliphatic carbocycles. The molecule has 4 heteroatoms. The van der Waals surface area contributed by atoms with Crippen molar-refractivity contribution in [3.8, 4) is 39.6 Å². The highest BCUT2D eigenvalue weighted by atomic mass is 79.9. The summed E-state index contributed by atoms with van der Waals surface area (Å²) in [5.74, 6) is 1.81. The lowest BCUT2D eigenvalue weighted by atomic mass is 9.86. The maximum absolute atomic E-state index is 9.38. The largest absolute Gasteiger partial charge is 0.457 e. The average Bonchev–Trinajstić information content (AvgIpc) is 3.36. The van der Waals surface area contributed by atoms with Crippen molar-refractivity contribution in [1.29, 1.82) is 0 Å². The number of aromatic nitrogens is 2. The second-order valence-electron chi connectivity index (χ2n) is 12.2. The van der Waals surface area contributed by atoms with E-state index in [-0.39, 0.29) is 17.6 Å². The van der Waals surface area contributed by atoms with Gasteiger partial charge in [-0.25, -0.2) is 4.98 Å². The van der Waals surface area contributed by atoms with Crippen LogP contribution in [-0.2, 0) is 5.41 Å². The smallest absolute Gasteiger partial charge is 0.137 e. The van der Waals surface area contributed by atoms with Gasteiger partial charge in [0.1, 0.15) is 17.3 Å². The van der Waals surface area contributed by atoms with Crippen LogP contribution in [-0.4, -0.2) is 9.55 Å². The maximum Gasteiger partial charge on any atom is 0.137 e. The van der Waals surface area contributed by atoms with Gasteiger partial charge in [0.2, 0.25) is 0 Å². The molecule has 3 nitrogen and oxygen atoms in total. The summed E-state index contributed by atoms with van der Waals surface area (Å²) in [7, 11) is 0. The lowest BCUT2D eigenvalue weighted by Gasteiger charge is -2.19. The highest BCUT2D eigenvalue weighted by Crippen LogP contribution is 2.38. The van der Waals surface area contributed by atoms with E-state index in [1.54, 1.807) is 0 Å². The predicted octanol–water partition coefficient (Wildman–Crippen LogP) is 11.7. The molecule has 0 aliphatic rings. The Bertz CT molecular complexity index is 2250. The van der Waals surface area contributed by atoms with Crippen molar-refractivity contribution in [2.24, 2.45) is 0 Å². The van der Waals surface area contributed by atoms with E-state index in [0.717, 1.165) is 48.5 Å². The predicted molar refractivity (Wildman–Crippen MR) is 187 cm³/mol. The molecule has 0 radical (unpaired) electrons. The normalized spacial score (nSPS) is 12.4. The zero-order valence-corrected chi connectivity index (χ0v) is 26.7. The van der Waals surface area contributed by atoms with Crippen LogP contribution in [0.5, 0.6) is 11.5 Å². The molecule has 2 heterocycles. The SMILES string of the molecule is [2H]c1nc(-n2c3ccc(-c4ccccc4)cc3c3ccc(Oc4cccc(Br)c4)cc32)c([2H])c(C)c1-c1ccc(C(C)(C)C)cc1. The van der Waals surface area contributed by atoms with Crippen molar-refractivity contribution in [2.45, 2.75) is 33.1 Å². The molecule has 0 saturated carbocycles. The summed E-state index contributed by atoms with van der Waals surface area (Å²) in [5.41, 5.74) is 7.54. The molecule has 0 aliphatic heterocycles. The summed E-state index contributed by atoms with van der Waals surface area (Å²) in [5, 5.41) is 2.05. The molecule has 0 N–H and O–H groups in total. The van der Waals surface area contributed by atoms with Gasteiger partial charge in [0.05, 0.1) is 13.8 Å². The third-order valence-corrected chi connectivity index (χ3v) is 8.57. The number of pyridine rings is 1. The molecule has 0 unspecified atom stereocenters. The van der Waals surface area contributed by atoms with Gasteiger partial charge in [-0.2, -0.15) is 0 Å². The lowest BCUT2D eigenvalue weighted by molar-refractivity contribution is 0.483. The van der Waals surface area contributed by atoms with Crippen molar-refractivity contribution in [1.82, 2.24) is 9.55 Å². The number of hydrogen-bond donors (Lipinski definition) is 0. The Kier molecular flexibility index (Phi) is 6.51. The van der Waals surface area contributed by atoms with Crippen molar-refractivity contribution >= 4 is 37.7 Å². The van der Waals surface area contributed by atoms with Crippen LogP contribution in [0.2, 0.25) is 0 Å². The number of fused-ring (bicyclic) bond motifs is 3. The van der Waals surface area contributed by atoms with Crippen molar-refractivity contribution in [2.75, 3.05) is 0 Å². The first-order valence-corrected chi connectivity index (χ1v) is 15.5. The number of nitrogens with zero attached hydrogens (tertiary/aromatic N) is 2. The quantitative estimate of drug-likeness (QED) is 0.187. The molecule has 5 aromatic carbocycles. The fourth-order valence-electron chi connectivity index (χ4n) is 5.74. The van der Waals surface area contributed by atoms with Crippen LogP contribution >= 0.6 is 15.9 Å². The Balaban J connectivity index is 1.43. The standard InChI is InChI=1S/C40H33BrN2O/c1-26-21-39(42-25-36(26)28-13-16-30(17-14-28)40(2,3)4)43-37-20-15-29(27-9-6-5-7-10-27)22-35(37)34-19-18-33(24-38(34)43)44-32-12-8-11-31(41)23-32/h5-25H,1-4H3/i21D,25D. The van der Waals surface area contributed by atoms with Gasteiger partial charge >= 0.3 is 0 Å². The Morgan fingerprint density at radius 2 is 1.45 bits per heavy atom. The minimum Gasteiger partial charge on any atom is -0.457 e. The van der Waals surface area contributed by atoms with Gasteiger partial charge < -0.3 is 4.74 Å². The number of hydrogen-bond acceptors (Lipinski definition) is 2. The van der Waals surface area contributed by atoms with E-state index in [9.17, 15) is 1.37 Å². The molecule has 7 rings (SSSR count). The molecule has 0 amide bonds. The van der Waals surface area contributed by atoms with Crippen molar-refractivity contribution in [3.05, 3.63) is 143 Å². The van der Waals surface area contributed by atoms with Gasteiger partial charge in [0, 0.05) is 33.0 Å². The fourth-order valence-corrected chi connectivity index (χ4v) is 6.12. The van der Waals surface area contributed by atoms with Gasteiger partial charge in [-0.1, -0.05) is 103 Å². The lowest BCUT2D eigenvalue weighted by Crippen LogP contribution is -2.10. The molecule has 0 fully saturated rings. The van der Waals surface area contributed by atoms with Crippen LogP contribution in [0.3, 0.4) is 0 Å². The Morgan fingerprint density at radius 3 is 2.20 bits per heavy atom. The second kappa shape index (κ2) is 11.1. The van der Waals surface area contributed by atoms with E-state index < -0.39 is 0 Å². The van der Waals surface area contributed by atoms with Crippen molar-refractivity contribution in [3.63, 3.8) is 0 Å². The van der Waals surface area contributed by atoms with E-state index >= 15 is 0 Å². The highest BCUT2D eigenvalue weighted by molar-refractivity contribution is 9.10. The molecular weight excluding hydrogens is 604 g/mol.